The summed E-state index contributed by atoms with van der Waals surface area (Å²) in [5, 5.41) is 2.77. The van der Waals surface area contributed by atoms with Gasteiger partial charge in [0.05, 0.1) is 22.2 Å². The van der Waals surface area contributed by atoms with Crippen LogP contribution >= 0.6 is 27.3 Å². The fraction of sp³-hybridized carbons (Fsp3) is 0.533. The molecule has 1 aliphatic heterocycles. The lowest BCUT2D eigenvalue weighted by Crippen LogP contribution is -2.40. The molecule has 2 heterocycles. The van der Waals surface area contributed by atoms with E-state index in [2.05, 4.69) is 21.2 Å². The summed E-state index contributed by atoms with van der Waals surface area (Å²) in [6, 6.07) is 3.85. The summed E-state index contributed by atoms with van der Waals surface area (Å²) >= 11 is 4.91. The third kappa shape index (κ3) is 3.10. The topological polar surface area (TPSA) is 66.5 Å². The first kappa shape index (κ1) is 15.7. The van der Waals surface area contributed by atoms with Gasteiger partial charge in [0.1, 0.15) is 6.54 Å². The van der Waals surface area contributed by atoms with Gasteiger partial charge in [-0.3, -0.25) is 19.3 Å². The number of nitrogens with one attached hydrogen (secondary N) is 1. The van der Waals surface area contributed by atoms with Crippen molar-refractivity contribution in [1.82, 2.24) is 10.2 Å². The number of rotatable bonds is 4. The molecule has 1 N–H and O–H groups in total. The first-order valence-electron chi connectivity index (χ1n) is 7.42. The van der Waals surface area contributed by atoms with Gasteiger partial charge in [-0.25, -0.2) is 0 Å². The molecule has 5 nitrogen and oxygen atoms in total. The molecule has 1 aromatic heterocycles. The van der Waals surface area contributed by atoms with Crippen LogP contribution in [0.4, 0.5) is 0 Å². The Morgan fingerprint density at radius 1 is 1.23 bits per heavy atom. The largest absolute Gasteiger partial charge is 0.350 e. The second-order valence-corrected chi connectivity index (χ2v) is 8.29. The highest BCUT2D eigenvalue weighted by Crippen LogP contribution is 2.37. The number of hydrogen-bond acceptors (Lipinski definition) is 4. The normalized spacial score (nSPS) is 24.5. The zero-order chi connectivity index (χ0) is 15.7. The second-order valence-electron chi connectivity index (χ2n) is 5.74. The lowest BCUT2D eigenvalue weighted by molar-refractivity contribution is -0.143. The van der Waals surface area contributed by atoms with E-state index in [0.29, 0.717) is 6.54 Å². The van der Waals surface area contributed by atoms with E-state index in [-0.39, 0.29) is 36.1 Å². The van der Waals surface area contributed by atoms with E-state index in [4.69, 9.17) is 0 Å². The van der Waals surface area contributed by atoms with Crippen molar-refractivity contribution in [2.24, 2.45) is 11.8 Å². The Kier molecular flexibility index (Phi) is 4.63. The van der Waals surface area contributed by atoms with E-state index in [1.54, 1.807) is 11.3 Å². The minimum absolute atomic E-state index is 0.156. The minimum Gasteiger partial charge on any atom is -0.350 e. The molecule has 2 unspecified atom stereocenters. The van der Waals surface area contributed by atoms with E-state index in [0.717, 1.165) is 39.2 Å². The van der Waals surface area contributed by atoms with Gasteiger partial charge in [-0.1, -0.05) is 12.8 Å². The average molecular weight is 385 g/mol. The molecular weight excluding hydrogens is 368 g/mol. The molecule has 3 rings (SSSR count). The van der Waals surface area contributed by atoms with Crippen LogP contribution in [0.3, 0.4) is 0 Å². The Hall–Kier alpha value is -1.21. The van der Waals surface area contributed by atoms with Crippen molar-refractivity contribution in [3.8, 4) is 0 Å². The SMILES string of the molecule is O=C(CN1C(=O)C2CCCCC2C1=O)NCc1ccc(Br)s1. The van der Waals surface area contributed by atoms with Gasteiger partial charge in [-0.05, 0) is 40.9 Å². The summed E-state index contributed by atoms with van der Waals surface area (Å²) in [4.78, 5) is 38.8. The molecule has 2 aliphatic rings. The Labute approximate surface area is 141 Å². The number of likely N-dealkylation sites (tertiary alicyclic amines) is 1. The van der Waals surface area contributed by atoms with Gasteiger partial charge in [0.25, 0.3) is 0 Å². The second kappa shape index (κ2) is 6.50. The highest BCUT2D eigenvalue weighted by molar-refractivity contribution is 9.11. The Morgan fingerprint density at radius 2 is 1.86 bits per heavy atom. The molecule has 3 amide bonds. The van der Waals surface area contributed by atoms with Gasteiger partial charge < -0.3 is 5.32 Å². The van der Waals surface area contributed by atoms with Crippen molar-refractivity contribution < 1.29 is 14.4 Å². The smallest absolute Gasteiger partial charge is 0.240 e. The molecule has 2 fully saturated rings. The standard InChI is InChI=1S/C15H17BrN2O3S/c16-12-6-5-9(22-12)7-17-13(19)8-18-14(20)10-3-1-2-4-11(10)15(18)21/h5-6,10-11H,1-4,7-8H2,(H,17,19). The van der Waals surface area contributed by atoms with Crippen LogP contribution in [0.25, 0.3) is 0 Å². The van der Waals surface area contributed by atoms with Crippen molar-refractivity contribution in [3.63, 3.8) is 0 Å². The first-order chi connectivity index (χ1) is 10.6. The number of fused-ring (bicyclic) bond motifs is 1. The number of thiophene rings is 1. The summed E-state index contributed by atoms with van der Waals surface area (Å²) in [7, 11) is 0. The third-order valence-electron chi connectivity index (χ3n) is 4.32. The maximum atomic E-state index is 12.3. The van der Waals surface area contributed by atoms with Crippen LogP contribution in [-0.2, 0) is 20.9 Å². The van der Waals surface area contributed by atoms with Gasteiger partial charge in [-0.2, -0.15) is 0 Å². The number of carbonyl (C=O) groups excluding carboxylic acids is 3. The van der Waals surface area contributed by atoms with Gasteiger partial charge in [0, 0.05) is 4.88 Å². The van der Waals surface area contributed by atoms with Crippen molar-refractivity contribution in [1.29, 1.82) is 0 Å². The molecule has 1 saturated heterocycles. The van der Waals surface area contributed by atoms with Crippen LogP contribution in [0.1, 0.15) is 30.6 Å². The van der Waals surface area contributed by atoms with Crippen molar-refractivity contribution in [3.05, 3.63) is 20.8 Å². The fourth-order valence-corrected chi connectivity index (χ4v) is 4.64. The highest BCUT2D eigenvalue weighted by atomic mass is 79.9. The fourth-order valence-electron chi connectivity index (χ4n) is 3.22. The number of amides is 3. The van der Waals surface area contributed by atoms with Crippen LogP contribution in [-0.4, -0.2) is 29.2 Å². The number of hydrogen-bond donors (Lipinski definition) is 1. The predicted octanol–water partition coefficient (Wildman–Crippen LogP) is 2.30. The zero-order valence-electron chi connectivity index (χ0n) is 12.0. The van der Waals surface area contributed by atoms with E-state index in [1.165, 1.54) is 0 Å². The van der Waals surface area contributed by atoms with Crippen molar-refractivity contribution in [2.45, 2.75) is 32.2 Å². The third-order valence-corrected chi connectivity index (χ3v) is 5.95. The van der Waals surface area contributed by atoms with E-state index >= 15 is 0 Å². The molecule has 2 atom stereocenters. The average Bonchev–Trinajstić information content (AvgIpc) is 3.03. The van der Waals surface area contributed by atoms with Gasteiger partial charge in [0.2, 0.25) is 17.7 Å². The van der Waals surface area contributed by atoms with Crippen LogP contribution in [0.2, 0.25) is 0 Å². The number of nitrogens with zero attached hydrogens (tertiary/aromatic N) is 1. The molecular formula is C15H17BrN2O3S. The molecule has 7 heteroatoms. The van der Waals surface area contributed by atoms with Crippen LogP contribution in [0, 0.1) is 11.8 Å². The Bertz CT molecular complexity index is 592. The number of imide groups is 1. The first-order valence-corrected chi connectivity index (χ1v) is 9.03. The molecule has 0 aromatic carbocycles. The molecule has 22 heavy (non-hydrogen) atoms. The quantitative estimate of drug-likeness (QED) is 0.809. The number of halogens is 1. The predicted molar refractivity (Wildman–Crippen MR) is 86.0 cm³/mol. The molecule has 0 spiro atoms. The summed E-state index contributed by atoms with van der Waals surface area (Å²) in [6.45, 7) is 0.259. The lowest BCUT2D eigenvalue weighted by atomic mass is 9.81. The minimum atomic E-state index is -0.287. The van der Waals surface area contributed by atoms with E-state index in [9.17, 15) is 14.4 Å². The summed E-state index contributed by atoms with van der Waals surface area (Å²) < 4.78 is 1.01. The van der Waals surface area contributed by atoms with Crippen LogP contribution < -0.4 is 5.32 Å². The van der Waals surface area contributed by atoms with Crippen LogP contribution in [0.15, 0.2) is 15.9 Å². The Balaban J connectivity index is 1.56. The van der Waals surface area contributed by atoms with Crippen LogP contribution in [0.5, 0.6) is 0 Å². The van der Waals surface area contributed by atoms with Gasteiger partial charge in [0.15, 0.2) is 0 Å². The summed E-state index contributed by atoms with van der Waals surface area (Å²) in [5.74, 6) is -0.998. The van der Waals surface area contributed by atoms with E-state index < -0.39 is 0 Å². The van der Waals surface area contributed by atoms with Crippen molar-refractivity contribution in [2.75, 3.05) is 6.54 Å². The van der Waals surface area contributed by atoms with Crippen molar-refractivity contribution >= 4 is 45.0 Å². The highest BCUT2D eigenvalue weighted by Gasteiger charge is 2.48. The molecule has 118 valence electrons. The maximum Gasteiger partial charge on any atom is 0.240 e. The molecule has 1 saturated carbocycles. The number of carbonyl (C=O) groups is 3. The Morgan fingerprint density at radius 3 is 2.41 bits per heavy atom. The molecule has 1 aliphatic carbocycles. The van der Waals surface area contributed by atoms with E-state index in [1.807, 2.05) is 12.1 Å². The van der Waals surface area contributed by atoms with Gasteiger partial charge in [-0.15, -0.1) is 11.3 Å². The molecule has 1 aromatic rings. The lowest BCUT2D eigenvalue weighted by Gasteiger charge is -2.19. The zero-order valence-corrected chi connectivity index (χ0v) is 14.4. The summed E-state index contributed by atoms with van der Waals surface area (Å²) in [5.41, 5.74) is 0. The molecule has 0 radical (unpaired) electrons. The molecule has 0 bridgehead atoms. The van der Waals surface area contributed by atoms with Gasteiger partial charge >= 0.3 is 0 Å². The monoisotopic (exact) mass is 384 g/mol. The maximum absolute atomic E-state index is 12.3. The summed E-state index contributed by atoms with van der Waals surface area (Å²) in [6.07, 6.45) is 3.54.